The van der Waals surface area contributed by atoms with Gasteiger partial charge in [-0.1, -0.05) is 13.8 Å². The average Bonchev–Trinajstić information content (AvgIpc) is 3.06. The number of alkyl halides is 4. The van der Waals surface area contributed by atoms with Crippen molar-refractivity contribution in [3.63, 3.8) is 0 Å². The molecule has 2 saturated carbocycles. The zero-order chi connectivity index (χ0) is 23.3. The molecule has 0 saturated heterocycles. The van der Waals surface area contributed by atoms with Crippen LogP contribution in [0.2, 0.25) is 0 Å². The van der Waals surface area contributed by atoms with Gasteiger partial charge in [0.2, 0.25) is 5.92 Å². The monoisotopic (exact) mass is 450 g/mol. The number of aromatic nitrogens is 2. The first-order valence-electron chi connectivity index (χ1n) is 11.0. The fourth-order valence-corrected chi connectivity index (χ4v) is 4.73. The average molecular weight is 450 g/mol. The Morgan fingerprint density at radius 3 is 2.44 bits per heavy atom. The molecule has 0 aromatic carbocycles. The molecule has 2 aromatic rings. The Labute approximate surface area is 183 Å². The summed E-state index contributed by atoms with van der Waals surface area (Å²) in [6.45, 7) is 3.94. The second kappa shape index (κ2) is 8.05. The molecule has 2 heterocycles. The topological polar surface area (TPSA) is 70.2 Å². The molecule has 9 heteroatoms. The molecule has 0 unspecified atom stereocenters. The number of rotatable bonds is 5. The van der Waals surface area contributed by atoms with E-state index in [4.69, 9.17) is 0 Å². The SMILES string of the molecule is CC(C)c1nc2cc(C(=O)NC3CC(F)(F)C3)cc(C#N)n2c1CC1CCC(F)(F)CC1. The Bertz CT molecular complexity index is 1070. The van der Waals surface area contributed by atoms with Crippen LogP contribution in [0, 0.1) is 17.2 Å². The zero-order valence-corrected chi connectivity index (χ0v) is 18.1. The molecule has 0 radical (unpaired) electrons. The summed E-state index contributed by atoms with van der Waals surface area (Å²) in [5.74, 6) is -5.76. The van der Waals surface area contributed by atoms with E-state index in [1.165, 1.54) is 6.07 Å². The maximum Gasteiger partial charge on any atom is 0.252 e. The predicted molar refractivity (Wildman–Crippen MR) is 110 cm³/mol. The van der Waals surface area contributed by atoms with Crippen molar-refractivity contribution >= 4 is 11.6 Å². The summed E-state index contributed by atoms with van der Waals surface area (Å²) in [6.07, 6.45) is 0.289. The van der Waals surface area contributed by atoms with Crippen LogP contribution in [-0.4, -0.2) is 33.2 Å². The highest BCUT2D eigenvalue weighted by Gasteiger charge is 2.46. The molecule has 0 bridgehead atoms. The van der Waals surface area contributed by atoms with Crippen LogP contribution >= 0.6 is 0 Å². The minimum atomic E-state index is -2.74. The van der Waals surface area contributed by atoms with E-state index < -0.39 is 36.6 Å². The Hall–Kier alpha value is -2.63. The highest BCUT2D eigenvalue weighted by Crippen LogP contribution is 2.39. The van der Waals surface area contributed by atoms with Gasteiger partial charge in [-0.3, -0.25) is 9.20 Å². The number of halogens is 4. The van der Waals surface area contributed by atoms with Crippen LogP contribution in [0.1, 0.15) is 85.7 Å². The minimum Gasteiger partial charge on any atom is -0.349 e. The van der Waals surface area contributed by atoms with Gasteiger partial charge in [0.25, 0.3) is 11.8 Å². The Morgan fingerprint density at radius 2 is 1.88 bits per heavy atom. The van der Waals surface area contributed by atoms with E-state index in [0.717, 1.165) is 11.4 Å². The molecule has 4 rings (SSSR count). The van der Waals surface area contributed by atoms with E-state index in [-0.39, 0.29) is 35.9 Å². The molecular formula is C23H26F4N4O. The predicted octanol–water partition coefficient (Wildman–Crippen LogP) is 5.22. The van der Waals surface area contributed by atoms with Gasteiger partial charge in [-0.25, -0.2) is 22.5 Å². The van der Waals surface area contributed by atoms with Crippen LogP contribution in [0.5, 0.6) is 0 Å². The molecule has 2 aliphatic carbocycles. The fraction of sp³-hybridized carbons (Fsp3) is 0.609. The standard InChI is InChI=1S/C23H26F4N4O/c1-13(2)20-18(7-14-3-5-22(24,25)6-4-14)31-17(12-28)8-15(9-19(31)30-20)21(32)29-16-10-23(26,27)11-16/h8-9,13-14,16H,3-7,10-11H2,1-2H3,(H,29,32). The summed E-state index contributed by atoms with van der Waals surface area (Å²) in [5.41, 5.74) is 2.41. The molecule has 32 heavy (non-hydrogen) atoms. The van der Waals surface area contributed by atoms with E-state index in [9.17, 15) is 27.6 Å². The Balaban J connectivity index is 1.64. The van der Waals surface area contributed by atoms with Gasteiger partial charge in [-0.15, -0.1) is 0 Å². The summed E-state index contributed by atoms with van der Waals surface area (Å²) in [6, 6.07) is 4.50. The number of carbonyl (C=O) groups excluding carboxylic acids is 1. The molecule has 5 nitrogen and oxygen atoms in total. The van der Waals surface area contributed by atoms with Crippen LogP contribution in [0.15, 0.2) is 12.1 Å². The number of hydrogen-bond acceptors (Lipinski definition) is 3. The van der Waals surface area contributed by atoms with Crippen LogP contribution in [-0.2, 0) is 6.42 Å². The number of carbonyl (C=O) groups is 1. The van der Waals surface area contributed by atoms with Gasteiger partial charge in [0.05, 0.1) is 5.69 Å². The van der Waals surface area contributed by atoms with Gasteiger partial charge >= 0.3 is 0 Å². The van der Waals surface area contributed by atoms with Crippen molar-refractivity contribution in [2.45, 2.75) is 82.6 Å². The summed E-state index contributed by atoms with van der Waals surface area (Å²) >= 11 is 0. The second-order valence-electron chi connectivity index (χ2n) is 9.47. The zero-order valence-electron chi connectivity index (χ0n) is 18.1. The Kier molecular flexibility index (Phi) is 5.68. The van der Waals surface area contributed by atoms with Gasteiger partial charge in [0.1, 0.15) is 17.4 Å². The van der Waals surface area contributed by atoms with Crippen LogP contribution in [0.25, 0.3) is 5.65 Å². The van der Waals surface area contributed by atoms with E-state index >= 15 is 0 Å². The number of nitrogens with zero attached hydrogens (tertiary/aromatic N) is 3. The molecule has 2 fully saturated rings. The number of amides is 1. The van der Waals surface area contributed by atoms with E-state index in [1.807, 2.05) is 13.8 Å². The number of nitrogens with one attached hydrogen (secondary N) is 1. The summed E-state index contributed by atoms with van der Waals surface area (Å²) in [4.78, 5) is 17.3. The van der Waals surface area contributed by atoms with Crippen LogP contribution in [0.3, 0.4) is 0 Å². The smallest absolute Gasteiger partial charge is 0.252 e. The van der Waals surface area contributed by atoms with Crippen molar-refractivity contribution < 1.29 is 22.4 Å². The quantitative estimate of drug-likeness (QED) is 0.635. The number of fused-ring (bicyclic) bond motifs is 1. The first-order chi connectivity index (χ1) is 15.0. The highest BCUT2D eigenvalue weighted by atomic mass is 19.3. The largest absolute Gasteiger partial charge is 0.349 e. The van der Waals surface area contributed by atoms with Crippen molar-refractivity contribution in [2.75, 3.05) is 0 Å². The van der Waals surface area contributed by atoms with Crippen molar-refractivity contribution in [1.29, 1.82) is 5.26 Å². The van der Waals surface area contributed by atoms with Gasteiger partial charge in [0.15, 0.2) is 0 Å². The normalized spacial score (nSPS) is 20.8. The van der Waals surface area contributed by atoms with Crippen molar-refractivity contribution in [3.8, 4) is 6.07 Å². The van der Waals surface area contributed by atoms with Crippen LogP contribution in [0.4, 0.5) is 17.6 Å². The number of imidazole rings is 1. The molecule has 172 valence electrons. The molecule has 0 atom stereocenters. The first kappa shape index (κ1) is 22.6. The van der Waals surface area contributed by atoms with E-state index in [2.05, 4.69) is 16.4 Å². The first-order valence-corrected chi connectivity index (χ1v) is 11.0. The van der Waals surface area contributed by atoms with E-state index in [1.54, 1.807) is 10.5 Å². The lowest BCUT2D eigenvalue weighted by atomic mass is 9.83. The third-order valence-corrected chi connectivity index (χ3v) is 6.52. The van der Waals surface area contributed by atoms with Gasteiger partial charge in [0, 0.05) is 43.0 Å². The van der Waals surface area contributed by atoms with Gasteiger partial charge in [-0.05, 0) is 43.2 Å². The molecule has 2 aromatic heterocycles. The van der Waals surface area contributed by atoms with Crippen molar-refractivity contribution in [1.82, 2.24) is 14.7 Å². The fourth-order valence-electron chi connectivity index (χ4n) is 4.73. The lowest BCUT2D eigenvalue weighted by Gasteiger charge is -2.35. The lowest BCUT2D eigenvalue weighted by Crippen LogP contribution is -2.50. The van der Waals surface area contributed by atoms with Crippen LogP contribution < -0.4 is 5.32 Å². The summed E-state index contributed by atoms with van der Waals surface area (Å²) in [7, 11) is 0. The van der Waals surface area contributed by atoms with Gasteiger partial charge in [-0.2, -0.15) is 5.26 Å². The number of pyridine rings is 1. The molecule has 0 aliphatic heterocycles. The van der Waals surface area contributed by atoms with E-state index in [0.29, 0.717) is 24.9 Å². The molecule has 1 amide bonds. The molecular weight excluding hydrogens is 424 g/mol. The molecule has 2 aliphatic rings. The molecule has 1 N–H and O–H groups in total. The lowest BCUT2D eigenvalue weighted by molar-refractivity contribution is -0.0901. The third-order valence-electron chi connectivity index (χ3n) is 6.52. The summed E-state index contributed by atoms with van der Waals surface area (Å²) in [5, 5.41) is 12.4. The Morgan fingerprint density at radius 1 is 1.22 bits per heavy atom. The maximum atomic E-state index is 13.6. The summed E-state index contributed by atoms with van der Waals surface area (Å²) < 4.78 is 55.0. The number of hydrogen-bond donors (Lipinski definition) is 1. The third kappa shape index (κ3) is 4.45. The number of nitriles is 1. The highest BCUT2D eigenvalue weighted by molar-refractivity contribution is 5.95. The maximum absolute atomic E-state index is 13.6. The van der Waals surface area contributed by atoms with Gasteiger partial charge < -0.3 is 5.32 Å². The van der Waals surface area contributed by atoms with Crippen molar-refractivity contribution in [2.24, 2.45) is 5.92 Å². The second-order valence-corrected chi connectivity index (χ2v) is 9.47. The minimum absolute atomic E-state index is 0.0379. The van der Waals surface area contributed by atoms with Crippen molar-refractivity contribution in [3.05, 3.63) is 34.8 Å². The molecule has 0 spiro atoms.